The Balaban J connectivity index is 2.19. The third kappa shape index (κ3) is 2.93. The fourth-order valence-corrected chi connectivity index (χ4v) is 1.85. The highest BCUT2D eigenvalue weighted by atomic mass is 16.5. The van der Waals surface area contributed by atoms with Crippen LogP contribution in [0.2, 0.25) is 0 Å². The highest BCUT2D eigenvalue weighted by Gasteiger charge is 2.17. The minimum absolute atomic E-state index is 0.170. The molecule has 0 saturated carbocycles. The quantitative estimate of drug-likeness (QED) is 0.618. The number of carbonyl (C=O) groups excluding carboxylic acids is 1. The van der Waals surface area contributed by atoms with E-state index in [9.17, 15) is 4.79 Å². The number of aryl methyl sites for hydroxylation is 1. The minimum atomic E-state index is -0.474. The Hall–Kier alpha value is -2.43. The van der Waals surface area contributed by atoms with E-state index in [1.165, 1.54) is 11.6 Å². The highest BCUT2D eigenvalue weighted by Crippen LogP contribution is 2.12. The molecule has 104 valence electrons. The van der Waals surface area contributed by atoms with Crippen molar-refractivity contribution in [2.24, 2.45) is 0 Å². The van der Waals surface area contributed by atoms with E-state index in [0.717, 1.165) is 5.56 Å². The van der Waals surface area contributed by atoms with Gasteiger partial charge >= 0.3 is 5.97 Å². The number of hydrogen-bond acceptors (Lipinski definition) is 4. The van der Waals surface area contributed by atoms with Gasteiger partial charge in [0.2, 0.25) is 0 Å². The van der Waals surface area contributed by atoms with Crippen LogP contribution in [0.3, 0.4) is 0 Å². The van der Waals surface area contributed by atoms with E-state index in [4.69, 9.17) is 4.74 Å². The van der Waals surface area contributed by atoms with Gasteiger partial charge < -0.3 is 4.74 Å². The molecule has 2 aromatic rings. The Bertz CT molecular complexity index is 632. The molecule has 0 aliphatic rings. The Kier molecular flexibility index (Phi) is 4.30. The number of benzene rings is 1. The van der Waals surface area contributed by atoms with Crippen LogP contribution in [-0.4, -0.2) is 27.6 Å². The van der Waals surface area contributed by atoms with Crippen molar-refractivity contribution in [1.29, 1.82) is 0 Å². The number of carbonyl (C=O) groups is 1. The molecule has 0 radical (unpaired) electrons. The molecule has 2 rings (SSSR count). The van der Waals surface area contributed by atoms with E-state index < -0.39 is 5.97 Å². The number of nitrogens with zero attached hydrogens (tertiary/aromatic N) is 3. The molecular formula is C15H17N3O2. The molecule has 0 spiro atoms. The Morgan fingerprint density at radius 3 is 2.85 bits per heavy atom. The zero-order valence-corrected chi connectivity index (χ0v) is 11.7. The Morgan fingerprint density at radius 1 is 1.40 bits per heavy atom. The summed E-state index contributed by atoms with van der Waals surface area (Å²) in [6, 6.07) is 8.05. The van der Waals surface area contributed by atoms with Crippen LogP contribution in [0.1, 0.15) is 27.3 Å². The lowest BCUT2D eigenvalue weighted by Crippen LogP contribution is -2.09. The van der Waals surface area contributed by atoms with Crippen LogP contribution in [-0.2, 0) is 11.3 Å². The summed E-state index contributed by atoms with van der Waals surface area (Å²) in [6.07, 6.45) is 1.52. The van der Waals surface area contributed by atoms with Gasteiger partial charge in [0.1, 0.15) is 6.61 Å². The average Bonchev–Trinajstić information content (AvgIpc) is 2.80. The SMILES string of the molecule is C=CCOC(=O)c1nnn(Cc2ccccc2C)c1C. The lowest BCUT2D eigenvalue weighted by atomic mass is 10.1. The largest absolute Gasteiger partial charge is 0.457 e. The first-order chi connectivity index (χ1) is 9.63. The second-order valence-corrected chi connectivity index (χ2v) is 4.49. The molecule has 0 N–H and O–H groups in total. The lowest BCUT2D eigenvalue weighted by molar-refractivity contribution is 0.0542. The topological polar surface area (TPSA) is 57.0 Å². The van der Waals surface area contributed by atoms with Crippen molar-refractivity contribution >= 4 is 5.97 Å². The number of hydrogen-bond donors (Lipinski definition) is 0. The van der Waals surface area contributed by atoms with Gasteiger partial charge in [0.05, 0.1) is 12.2 Å². The minimum Gasteiger partial charge on any atom is -0.457 e. The second-order valence-electron chi connectivity index (χ2n) is 4.49. The smallest absolute Gasteiger partial charge is 0.361 e. The van der Waals surface area contributed by atoms with Crippen molar-refractivity contribution in [1.82, 2.24) is 15.0 Å². The summed E-state index contributed by atoms with van der Waals surface area (Å²) in [5, 5.41) is 7.92. The van der Waals surface area contributed by atoms with Gasteiger partial charge in [0.25, 0.3) is 0 Å². The molecule has 0 atom stereocenters. The molecule has 0 saturated heterocycles. The van der Waals surface area contributed by atoms with Gasteiger partial charge in [-0.25, -0.2) is 9.48 Å². The van der Waals surface area contributed by atoms with Crippen LogP contribution >= 0.6 is 0 Å². The average molecular weight is 271 g/mol. The Morgan fingerprint density at radius 2 is 2.15 bits per heavy atom. The van der Waals surface area contributed by atoms with E-state index in [1.54, 1.807) is 4.68 Å². The molecule has 1 aromatic carbocycles. The third-order valence-corrected chi connectivity index (χ3v) is 3.09. The number of esters is 1. The summed E-state index contributed by atoms with van der Waals surface area (Å²) in [6.45, 7) is 8.10. The van der Waals surface area contributed by atoms with Crippen molar-refractivity contribution in [3.8, 4) is 0 Å². The van der Waals surface area contributed by atoms with Crippen molar-refractivity contribution in [2.45, 2.75) is 20.4 Å². The zero-order valence-electron chi connectivity index (χ0n) is 11.7. The summed E-state index contributed by atoms with van der Waals surface area (Å²) in [7, 11) is 0. The predicted octanol–water partition coefficient (Wildman–Crippen LogP) is 2.29. The van der Waals surface area contributed by atoms with Crippen LogP contribution in [0.5, 0.6) is 0 Å². The molecule has 0 unspecified atom stereocenters. The summed E-state index contributed by atoms with van der Waals surface area (Å²) >= 11 is 0. The van der Waals surface area contributed by atoms with Crippen LogP contribution in [0.15, 0.2) is 36.9 Å². The molecule has 1 heterocycles. The molecule has 0 amide bonds. The summed E-state index contributed by atoms with van der Waals surface area (Å²) in [4.78, 5) is 11.8. The van der Waals surface area contributed by atoms with E-state index in [2.05, 4.69) is 16.9 Å². The molecule has 5 nitrogen and oxygen atoms in total. The third-order valence-electron chi connectivity index (χ3n) is 3.09. The molecule has 20 heavy (non-hydrogen) atoms. The molecule has 0 fully saturated rings. The fraction of sp³-hybridized carbons (Fsp3) is 0.267. The van der Waals surface area contributed by atoms with E-state index >= 15 is 0 Å². The van der Waals surface area contributed by atoms with Crippen LogP contribution in [0.4, 0.5) is 0 Å². The second kappa shape index (κ2) is 6.14. The van der Waals surface area contributed by atoms with Crippen molar-refractivity contribution in [2.75, 3.05) is 6.61 Å². The van der Waals surface area contributed by atoms with Crippen molar-refractivity contribution in [3.63, 3.8) is 0 Å². The van der Waals surface area contributed by atoms with Crippen LogP contribution in [0.25, 0.3) is 0 Å². The van der Waals surface area contributed by atoms with Crippen LogP contribution in [0, 0.1) is 13.8 Å². The first-order valence-corrected chi connectivity index (χ1v) is 6.36. The summed E-state index contributed by atoms with van der Waals surface area (Å²) < 4.78 is 6.67. The maximum absolute atomic E-state index is 11.8. The molecule has 0 aliphatic carbocycles. The number of ether oxygens (including phenoxy) is 1. The Labute approximate surface area is 117 Å². The van der Waals surface area contributed by atoms with Gasteiger partial charge in [-0.3, -0.25) is 0 Å². The van der Waals surface area contributed by atoms with Crippen molar-refractivity contribution in [3.05, 3.63) is 59.4 Å². The zero-order chi connectivity index (χ0) is 14.5. The predicted molar refractivity (Wildman–Crippen MR) is 75.5 cm³/mol. The number of aromatic nitrogens is 3. The molecule has 5 heteroatoms. The standard InChI is InChI=1S/C15H17N3O2/c1-4-9-20-15(19)14-12(3)18(17-16-14)10-13-8-6-5-7-11(13)2/h4-8H,1,9-10H2,2-3H3. The number of rotatable bonds is 5. The normalized spacial score (nSPS) is 10.3. The van der Waals surface area contributed by atoms with Gasteiger partial charge in [0.15, 0.2) is 5.69 Å². The van der Waals surface area contributed by atoms with Crippen molar-refractivity contribution < 1.29 is 9.53 Å². The highest BCUT2D eigenvalue weighted by molar-refractivity contribution is 5.88. The van der Waals surface area contributed by atoms with E-state index in [1.807, 2.05) is 38.1 Å². The monoisotopic (exact) mass is 271 g/mol. The maximum Gasteiger partial charge on any atom is 0.361 e. The van der Waals surface area contributed by atoms with Gasteiger partial charge in [0, 0.05) is 0 Å². The molecular weight excluding hydrogens is 254 g/mol. The molecule has 0 aliphatic heterocycles. The van der Waals surface area contributed by atoms with Gasteiger partial charge in [-0.05, 0) is 25.0 Å². The van der Waals surface area contributed by atoms with Gasteiger partial charge in [-0.15, -0.1) is 5.10 Å². The molecule has 0 bridgehead atoms. The fourth-order valence-electron chi connectivity index (χ4n) is 1.85. The molecule has 1 aromatic heterocycles. The maximum atomic E-state index is 11.8. The summed E-state index contributed by atoms with van der Waals surface area (Å²) in [5.41, 5.74) is 3.27. The summed E-state index contributed by atoms with van der Waals surface area (Å²) in [5.74, 6) is -0.474. The van der Waals surface area contributed by atoms with Crippen LogP contribution < -0.4 is 0 Å². The van der Waals surface area contributed by atoms with E-state index in [-0.39, 0.29) is 12.3 Å². The first-order valence-electron chi connectivity index (χ1n) is 6.36. The van der Waals surface area contributed by atoms with Gasteiger partial charge in [-0.2, -0.15) is 0 Å². The first kappa shape index (κ1) is 14.0. The van der Waals surface area contributed by atoms with Gasteiger partial charge in [-0.1, -0.05) is 42.1 Å². The van der Waals surface area contributed by atoms with E-state index in [0.29, 0.717) is 12.2 Å². The lowest BCUT2D eigenvalue weighted by Gasteiger charge is -2.06.